The average Bonchev–Trinajstić information content (AvgIpc) is 3.32. The first-order valence-corrected chi connectivity index (χ1v) is 12.1. The van der Waals surface area contributed by atoms with Crippen LogP contribution in [-0.2, 0) is 29.9 Å². The molecule has 7 nitrogen and oxygen atoms in total. The van der Waals surface area contributed by atoms with Gasteiger partial charge in [-0.25, -0.2) is 4.98 Å². The van der Waals surface area contributed by atoms with E-state index >= 15 is 0 Å². The van der Waals surface area contributed by atoms with Gasteiger partial charge < -0.3 is 15.2 Å². The SMILES string of the molecule is CN(C)C(=O)c1cccc(CNC(=O)CSCc2nc3sc4c(c3c(=O)[nH]2)CCC4)c1. The van der Waals surface area contributed by atoms with Gasteiger partial charge in [0.05, 0.1) is 16.9 Å². The van der Waals surface area contributed by atoms with Gasteiger partial charge in [0.2, 0.25) is 5.91 Å². The minimum atomic E-state index is -0.104. The Hall–Kier alpha value is -2.65. The number of hydrogen-bond donors (Lipinski definition) is 2. The topological polar surface area (TPSA) is 95.2 Å². The number of thiophene rings is 1. The van der Waals surface area contributed by atoms with Crippen LogP contribution in [0.4, 0.5) is 0 Å². The molecule has 162 valence electrons. The summed E-state index contributed by atoms with van der Waals surface area (Å²) in [6, 6.07) is 7.24. The summed E-state index contributed by atoms with van der Waals surface area (Å²) < 4.78 is 0. The third kappa shape index (κ3) is 4.83. The Morgan fingerprint density at radius 1 is 1.29 bits per heavy atom. The average molecular weight is 457 g/mol. The van der Waals surface area contributed by atoms with Gasteiger partial charge >= 0.3 is 0 Å². The van der Waals surface area contributed by atoms with Crippen LogP contribution in [0.5, 0.6) is 0 Å². The summed E-state index contributed by atoms with van der Waals surface area (Å²) in [6.07, 6.45) is 3.10. The number of nitrogens with zero attached hydrogens (tertiary/aromatic N) is 2. The van der Waals surface area contributed by atoms with E-state index in [2.05, 4.69) is 15.3 Å². The molecule has 0 unspecified atom stereocenters. The van der Waals surface area contributed by atoms with E-state index in [0.717, 1.165) is 35.0 Å². The molecule has 2 aromatic heterocycles. The van der Waals surface area contributed by atoms with Crippen molar-refractivity contribution in [3.63, 3.8) is 0 Å². The van der Waals surface area contributed by atoms with Crippen molar-refractivity contribution in [3.05, 3.63) is 62.0 Å². The van der Waals surface area contributed by atoms with Gasteiger partial charge in [0.1, 0.15) is 10.7 Å². The summed E-state index contributed by atoms with van der Waals surface area (Å²) in [6.45, 7) is 0.357. The molecule has 31 heavy (non-hydrogen) atoms. The highest BCUT2D eigenvalue weighted by Crippen LogP contribution is 2.34. The number of fused-ring (bicyclic) bond motifs is 3. The van der Waals surface area contributed by atoms with E-state index in [0.29, 0.717) is 23.7 Å². The molecule has 1 aliphatic rings. The summed E-state index contributed by atoms with van der Waals surface area (Å²) in [5, 5.41) is 3.62. The lowest BCUT2D eigenvalue weighted by Gasteiger charge is -2.11. The first-order chi connectivity index (χ1) is 14.9. The molecule has 2 N–H and O–H groups in total. The van der Waals surface area contributed by atoms with Crippen molar-refractivity contribution in [3.8, 4) is 0 Å². The van der Waals surface area contributed by atoms with E-state index in [1.54, 1.807) is 37.6 Å². The molecular formula is C22H24N4O3S2. The molecule has 4 rings (SSSR count). The number of aryl methyl sites for hydroxylation is 2. The largest absolute Gasteiger partial charge is 0.351 e. The summed E-state index contributed by atoms with van der Waals surface area (Å²) in [4.78, 5) is 47.9. The molecular weight excluding hydrogens is 432 g/mol. The maximum absolute atomic E-state index is 12.5. The maximum atomic E-state index is 12.5. The number of nitrogens with one attached hydrogen (secondary N) is 2. The second kappa shape index (κ2) is 9.23. The maximum Gasteiger partial charge on any atom is 0.259 e. The Kier molecular flexibility index (Phi) is 6.43. The first-order valence-electron chi connectivity index (χ1n) is 10.1. The van der Waals surface area contributed by atoms with Crippen LogP contribution < -0.4 is 10.9 Å². The molecule has 9 heteroatoms. The molecule has 0 aliphatic heterocycles. The first kappa shape index (κ1) is 21.6. The van der Waals surface area contributed by atoms with Crippen LogP contribution in [0, 0.1) is 0 Å². The summed E-state index contributed by atoms with van der Waals surface area (Å²) >= 11 is 3.03. The molecule has 0 atom stereocenters. The van der Waals surface area contributed by atoms with E-state index in [9.17, 15) is 14.4 Å². The van der Waals surface area contributed by atoms with Crippen LogP contribution in [-0.4, -0.2) is 46.5 Å². The normalized spacial score (nSPS) is 12.7. The third-order valence-electron chi connectivity index (χ3n) is 5.17. The number of amides is 2. The van der Waals surface area contributed by atoms with E-state index in [-0.39, 0.29) is 23.1 Å². The molecule has 0 spiro atoms. The highest BCUT2D eigenvalue weighted by molar-refractivity contribution is 7.99. The lowest BCUT2D eigenvalue weighted by Crippen LogP contribution is -2.25. The van der Waals surface area contributed by atoms with Crippen molar-refractivity contribution < 1.29 is 9.59 Å². The molecule has 0 saturated carbocycles. The van der Waals surface area contributed by atoms with Gasteiger partial charge in [0.15, 0.2) is 0 Å². The Bertz CT molecular complexity index is 1200. The number of aromatic amines is 1. The fourth-order valence-corrected chi connectivity index (χ4v) is 5.68. The fraction of sp³-hybridized carbons (Fsp3) is 0.364. The lowest BCUT2D eigenvalue weighted by atomic mass is 10.1. The monoisotopic (exact) mass is 456 g/mol. The highest BCUT2D eigenvalue weighted by Gasteiger charge is 2.21. The van der Waals surface area contributed by atoms with Crippen molar-refractivity contribution in [2.45, 2.75) is 31.6 Å². The van der Waals surface area contributed by atoms with Crippen LogP contribution in [0.3, 0.4) is 0 Å². The second-order valence-corrected chi connectivity index (χ2v) is 9.79. The zero-order valence-corrected chi connectivity index (χ0v) is 19.1. The molecule has 1 aliphatic carbocycles. The molecule has 0 radical (unpaired) electrons. The van der Waals surface area contributed by atoms with Crippen LogP contribution in [0.2, 0.25) is 0 Å². The van der Waals surface area contributed by atoms with Gasteiger partial charge in [-0.05, 0) is 42.5 Å². The number of carbonyl (C=O) groups excluding carboxylic acids is 2. The van der Waals surface area contributed by atoms with Crippen molar-refractivity contribution in [1.29, 1.82) is 0 Å². The second-order valence-electron chi connectivity index (χ2n) is 7.72. The smallest absolute Gasteiger partial charge is 0.259 e. The van der Waals surface area contributed by atoms with Gasteiger partial charge in [-0.15, -0.1) is 23.1 Å². The quantitative estimate of drug-likeness (QED) is 0.570. The van der Waals surface area contributed by atoms with Crippen molar-refractivity contribution in [2.75, 3.05) is 19.8 Å². The van der Waals surface area contributed by atoms with Crippen molar-refractivity contribution in [1.82, 2.24) is 20.2 Å². The molecule has 0 fully saturated rings. The van der Waals surface area contributed by atoms with Gasteiger partial charge in [-0.1, -0.05) is 12.1 Å². The number of carbonyl (C=O) groups is 2. The van der Waals surface area contributed by atoms with E-state index in [1.165, 1.54) is 27.1 Å². The third-order valence-corrected chi connectivity index (χ3v) is 7.30. The standard InChI is InChI=1S/C22H24N4O3S2/c1-26(2)22(29)14-6-3-5-13(9-14)10-23-18(27)12-30-11-17-24-20(28)19-15-7-4-8-16(15)31-21(19)25-17/h3,5-6,9H,4,7-8,10-12H2,1-2H3,(H,23,27)(H,24,25,28). The van der Waals surface area contributed by atoms with Crippen molar-refractivity contribution >= 4 is 45.1 Å². The zero-order chi connectivity index (χ0) is 22.0. The minimum absolute atomic E-state index is 0.0711. The number of hydrogen-bond acceptors (Lipinski definition) is 6. The van der Waals surface area contributed by atoms with Crippen LogP contribution in [0.1, 0.15) is 38.6 Å². The number of H-pyrrole nitrogens is 1. The van der Waals surface area contributed by atoms with Crippen LogP contribution >= 0.6 is 23.1 Å². The summed E-state index contributed by atoms with van der Waals surface area (Å²) in [5.74, 6) is 1.16. The van der Waals surface area contributed by atoms with Crippen LogP contribution in [0.15, 0.2) is 29.1 Å². The lowest BCUT2D eigenvalue weighted by molar-refractivity contribution is -0.118. The summed E-state index contributed by atoms with van der Waals surface area (Å²) in [7, 11) is 3.41. The molecule has 0 bridgehead atoms. The molecule has 2 heterocycles. The Balaban J connectivity index is 1.29. The predicted octanol–water partition coefficient (Wildman–Crippen LogP) is 2.72. The van der Waals surface area contributed by atoms with E-state index < -0.39 is 0 Å². The minimum Gasteiger partial charge on any atom is -0.351 e. The molecule has 2 amide bonds. The van der Waals surface area contributed by atoms with Crippen molar-refractivity contribution in [2.24, 2.45) is 0 Å². The van der Waals surface area contributed by atoms with Gasteiger partial charge in [-0.3, -0.25) is 14.4 Å². The number of rotatable bonds is 7. The Morgan fingerprint density at radius 2 is 2.13 bits per heavy atom. The zero-order valence-electron chi connectivity index (χ0n) is 17.5. The van der Waals surface area contributed by atoms with Gasteiger partial charge in [-0.2, -0.15) is 0 Å². The number of thioether (sulfide) groups is 1. The van der Waals surface area contributed by atoms with Crippen LogP contribution in [0.25, 0.3) is 10.2 Å². The number of aromatic nitrogens is 2. The molecule has 3 aromatic rings. The Labute approximate surface area is 188 Å². The summed E-state index contributed by atoms with van der Waals surface area (Å²) in [5.41, 5.74) is 2.56. The Morgan fingerprint density at radius 3 is 2.94 bits per heavy atom. The van der Waals surface area contributed by atoms with E-state index in [4.69, 9.17) is 0 Å². The molecule has 0 saturated heterocycles. The van der Waals surface area contributed by atoms with E-state index in [1.807, 2.05) is 12.1 Å². The predicted molar refractivity (Wildman–Crippen MR) is 125 cm³/mol. The fourth-order valence-electron chi connectivity index (χ4n) is 3.68. The highest BCUT2D eigenvalue weighted by atomic mass is 32.2. The number of benzene rings is 1. The van der Waals surface area contributed by atoms with Gasteiger partial charge in [0, 0.05) is 31.1 Å². The van der Waals surface area contributed by atoms with Gasteiger partial charge in [0.25, 0.3) is 11.5 Å². The molecule has 1 aromatic carbocycles.